The molecule has 3 fully saturated rings. The van der Waals surface area contributed by atoms with E-state index < -0.39 is 16.8 Å². The Morgan fingerprint density at radius 2 is 1.03 bits per heavy atom. The van der Waals surface area contributed by atoms with E-state index in [4.69, 9.17) is 33.3 Å². The van der Waals surface area contributed by atoms with E-state index in [1.165, 1.54) is 18.6 Å². The Balaban J connectivity index is 0.000000443. The number of likely N-dealkylation sites (tertiary alicyclic amines) is 2. The number of piperidine rings is 3. The number of halogens is 1. The van der Waals surface area contributed by atoms with Crippen molar-refractivity contribution in [1.29, 1.82) is 0 Å². The Bertz CT molecular complexity index is 3270. The molecular formula is C80H114ILiN4O12. The second-order valence-electron chi connectivity index (χ2n) is 26.2. The van der Waals surface area contributed by atoms with Crippen molar-refractivity contribution >= 4 is 46.5 Å². The number of nitrogens with one attached hydrogen (secondary N) is 1. The molecule has 3 aliphatic rings. The van der Waals surface area contributed by atoms with Crippen molar-refractivity contribution in [3.8, 4) is 34.5 Å². The van der Waals surface area contributed by atoms with Crippen LogP contribution in [0.2, 0.25) is 0 Å². The number of unbranched alkanes of at least 4 members (excludes halogenated alkanes) is 2. The molecule has 0 bridgehead atoms. The van der Waals surface area contributed by atoms with Crippen molar-refractivity contribution in [2.75, 3.05) is 67.1 Å². The number of amides is 3. The average Bonchev–Trinajstić information content (AvgIpc) is 0.780. The minimum Gasteiger partial charge on any atom is -0.457 e. The van der Waals surface area contributed by atoms with Crippen LogP contribution in [0, 0.1) is 49.0 Å². The van der Waals surface area contributed by atoms with Gasteiger partial charge in [0, 0.05) is 70.9 Å². The number of aliphatic hydroxyl groups is 1. The maximum absolute atomic E-state index is 13.3. The molecule has 0 aliphatic carbocycles. The van der Waals surface area contributed by atoms with E-state index in [1.54, 1.807) is 30.0 Å². The van der Waals surface area contributed by atoms with Gasteiger partial charge in [-0.05, 0) is 214 Å². The summed E-state index contributed by atoms with van der Waals surface area (Å²) in [5, 5.41) is 16.7. The molecule has 2 N–H and O–H groups in total. The van der Waals surface area contributed by atoms with Crippen molar-refractivity contribution in [2.45, 2.75) is 172 Å². The van der Waals surface area contributed by atoms with Crippen LogP contribution in [0.3, 0.4) is 0 Å². The van der Waals surface area contributed by atoms with Gasteiger partial charge in [-0.2, -0.15) is 6.42 Å². The van der Waals surface area contributed by atoms with Crippen molar-refractivity contribution < 1.29 is 76.4 Å². The molecule has 0 spiro atoms. The quantitative estimate of drug-likeness (QED) is 0.0208. The third-order valence-corrected chi connectivity index (χ3v) is 17.1. The fourth-order valence-electron chi connectivity index (χ4n) is 10.9. The summed E-state index contributed by atoms with van der Waals surface area (Å²) in [5.41, 5.74) is 2.69. The number of carbonyl (C=O) groups is 4. The average molecular weight is 1460 g/mol. The SMILES string of the molecule is C.C.COCCCCC(O)(c1ccccc1Oc1ccccc1C)[C@@H]1CCCNC1.CON(C)C(=O)[C@@H]1CCCN(C(=O)OC(C)(C)C)C1.Cc1ccccc1Oc1ccccc1C(=O)[C@@H]1CCCN(C(=O)OC(C)(C)C)C1.Cc1ccccc1Oc1ccccc1I.[CH2-]CCC.[Li+]. The predicted molar refractivity (Wildman–Crippen MR) is 400 cm³/mol. The molecule has 0 radical (unpaired) electrons. The van der Waals surface area contributed by atoms with Crippen LogP contribution in [0.1, 0.15) is 167 Å². The number of ketones is 1. The standard InChI is InChI=1S/C24H29NO4.C24H33NO3.C13H11IO.C13H24N2O4.C4H9.2CH4.Li/c1-17-10-5-7-13-20(17)28-21-14-8-6-12-19(21)22(26)18-11-9-15-25(16-18)23(27)29-24(2,3)4;1-19-10-3-5-13-22(19)28-23-14-6-4-12-21(23)24(26,15-7-8-17-27-2)20-11-9-16-25-18-20;1-10-6-2-4-8-12(10)15-13-9-5-3-7-11(13)14;1-13(2,3)19-12(17)15-8-6-7-10(9-15)11(16)14(4)18-5;1-3-4-2;;;/h5-8,10,12-14,18H,9,11,15-16H2,1-4H3;3-6,10,12-14,20,25-26H,7-9,11,15-18H2,1-2H3;2-9H,1H3;10H,6-9H2,1-5H3;1,3-4H2,2H3;2*1H4;/q;;;;-1;;;+1/t18-;20-,24?;;10-;;;;/m11.1..../s1. The zero-order chi connectivity index (χ0) is 69.6. The van der Waals surface area contributed by atoms with E-state index in [2.05, 4.69) is 41.8 Å². The van der Waals surface area contributed by atoms with E-state index >= 15 is 0 Å². The van der Waals surface area contributed by atoms with E-state index in [9.17, 15) is 24.3 Å². The Kier molecular flexibility index (Phi) is 39.9. The summed E-state index contributed by atoms with van der Waals surface area (Å²) >= 11 is 2.27. The Labute approximate surface area is 613 Å². The first kappa shape index (κ1) is 87.7. The molecule has 98 heavy (non-hydrogen) atoms. The molecule has 6 aromatic carbocycles. The second-order valence-corrected chi connectivity index (χ2v) is 27.4. The van der Waals surface area contributed by atoms with E-state index in [-0.39, 0.29) is 75.3 Å². The first-order chi connectivity index (χ1) is 45.3. The van der Waals surface area contributed by atoms with Gasteiger partial charge in [0.2, 0.25) is 0 Å². The van der Waals surface area contributed by atoms with Crippen LogP contribution in [0.15, 0.2) is 146 Å². The summed E-state index contributed by atoms with van der Waals surface area (Å²) in [6, 6.07) is 47.0. The maximum Gasteiger partial charge on any atom is 1.00 e. The van der Waals surface area contributed by atoms with Crippen molar-refractivity contribution in [3.63, 3.8) is 0 Å². The number of ether oxygens (including phenoxy) is 6. The number of aryl methyl sites for hydroxylation is 3. The van der Waals surface area contributed by atoms with Gasteiger partial charge in [-0.3, -0.25) is 14.4 Å². The monoisotopic (exact) mass is 1460 g/mol. The maximum atomic E-state index is 13.3. The van der Waals surface area contributed by atoms with Crippen LogP contribution in [0.25, 0.3) is 0 Å². The number of nitrogens with zero attached hydrogens (tertiary/aromatic N) is 3. The molecular weight excluding hydrogens is 1340 g/mol. The Morgan fingerprint density at radius 3 is 1.49 bits per heavy atom. The molecule has 534 valence electrons. The molecule has 18 heteroatoms. The molecule has 1 unspecified atom stereocenters. The van der Waals surface area contributed by atoms with E-state index in [1.807, 2.05) is 202 Å². The third kappa shape index (κ3) is 29.0. The van der Waals surface area contributed by atoms with E-state index in [0.29, 0.717) is 43.9 Å². The number of carbonyl (C=O) groups excluding carboxylic acids is 4. The number of hydrogen-bond donors (Lipinski definition) is 2. The van der Waals surface area contributed by atoms with Gasteiger partial charge in [-0.25, -0.2) is 14.7 Å². The molecule has 0 saturated carbocycles. The fraction of sp³-hybridized carbons (Fsp3) is 0.487. The van der Waals surface area contributed by atoms with Crippen LogP contribution in [0.4, 0.5) is 9.59 Å². The topological polar surface area (TPSA) is 175 Å². The van der Waals surface area contributed by atoms with Crippen molar-refractivity contribution in [3.05, 3.63) is 184 Å². The summed E-state index contributed by atoms with van der Waals surface area (Å²) < 4.78 is 35.3. The van der Waals surface area contributed by atoms with Gasteiger partial charge in [0.15, 0.2) is 5.78 Å². The molecule has 9 rings (SSSR count). The third-order valence-electron chi connectivity index (χ3n) is 16.2. The molecule has 3 amide bonds. The fourth-order valence-corrected chi connectivity index (χ4v) is 11.4. The molecule has 16 nitrogen and oxygen atoms in total. The van der Waals surface area contributed by atoms with Crippen LogP contribution < -0.4 is 38.4 Å². The van der Waals surface area contributed by atoms with Crippen LogP contribution in [0.5, 0.6) is 34.5 Å². The summed E-state index contributed by atoms with van der Waals surface area (Å²) in [4.78, 5) is 57.8. The molecule has 6 aromatic rings. The second kappa shape index (κ2) is 44.6. The zero-order valence-electron chi connectivity index (χ0n) is 59.7. The largest absolute Gasteiger partial charge is 1.00 e. The molecule has 3 saturated heterocycles. The van der Waals surface area contributed by atoms with Gasteiger partial charge in [-0.1, -0.05) is 125 Å². The number of hydrogen-bond acceptors (Lipinski definition) is 13. The van der Waals surface area contributed by atoms with Gasteiger partial charge < -0.3 is 55.6 Å². The summed E-state index contributed by atoms with van der Waals surface area (Å²) in [6.45, 7) is 27.4. The van der Waals surface area contributed by atoms with Crippen LogP contribution >= 0.6 is 22.6 Å². The normalized spacial score (nSPS) is 16.2. The van der Waals surface area contributed by atoms with Gasteiger partial charge in [-0.15, -0.1) is 0 Å². The number of rotatable bonds is 18. The van der Waals surface area contributed by atoms with Gasteiger partial charge >= 0.3 is 31.0 Å². The number of benzene rings is 6. The number of methoxy groups -OCH3 is 1. The smallest absolute Gasteiger partial charge is 0.457 e. The minimum atomic E-state index is -0.916. The first-order valence-corrected chi connectivity index (χ1v) is 34.6. The van der Waals surface area contributed by atoms with Gasteiger partial charge in [0.25, 0.3) is 5.91 Å². The summed E-state index contributed by atoms with van der Waals surface area (Å²) in [6.07, 6.45) is 9.32. The first-order valence-electron chi connectivity index (χ1n) is 33.5. The molecule has 4 atom stereocenters. The van der Waals surface area contributed by atoms with Crippen LogP contribution in [-0.4, -0.2) is 122 Å². The number of para-hydroxylation sites is 6. The Morgan fingerprint density at radius 1 is 0.602 bits per heavy atom. The Hall–Kier alpha value is -6.43. The number of Topliss-reactive ketones (excluding diaryl/α,β-unsaturated/α-hetero) is 1. The van der Waals surface area contributed by atoms with Crippen LogP contribution in [-0.2, 0) is 29.4 Å². The van der Waals surface area contributed by atoms with Gasteiger partial charge in [0.05, 0.1) is 27.8 Å². The summed E-state index contributed by atoms with van der Waals surface area (Å²) in [7, 11) is 4.75. The number of hydroxylamine groups is 2. The van der Waals surface area contributed by atoms with Crippen molar-refractivity contribution in [1.82, 2.24) is 20.2 Å². The molecule has 3 heterocycles. The summed E-state index contributed by atoms with van der Waals surface area (Å²) in [5.74, 6) is 4.27. The molecule has 0 aromatic heterocycles. The minimum absolute atomic E-state index is 0. The van der Waals surface area contributed by atoms with E-state index in [0.717, 1.165) is 132 Å². The van der Waals surface area contributed by atoms with Gasteiger partial charge in [0.1, 0.15) is 45.7 Å². The molecule has 3 aliphatic heterocycles. The van der Waals surface area contributed by atoms with Crippen molar-refractivity contribution in [2.24, 2.45) is 17.8 Å². The zero-order valence-corrected chi connectivity index (χ0v) is 61.8. The predicted octanol–water partition coefficient (Wildman–Crippen LogP) is 16.4.